The molecule has 1 N–H and O–H groups in total. The Balaban J connectivity index is 2.70. The summed E-state index contributed by atoms with van der Waals surface area (Å²) in [5, 5.41) is 7.03. The molecule has 13 heavy (non-hydrogen) atoms. The van der Waals surface area contributed by atoms with Gasteiger partial charge in [0.05, 0.1) is 6.04 Å². The first kappa shape index (κ1) is 10.5. The Kier molecular flexibility index (Phi) is 3.67. The van der Waals surface area contributed by atoms with E-state index in [0.29, 0.717) is 0 Å². The van der Waals surface area contributed by atoms with Gasteiger partial charge in [0.1, 0.15) is 8.52 Å². The van der Waals surface area contributed by atoms with Crippen LogP contribution < -0.4 is 0 Å². The van der Waals surface area contributed by atoms with Crippen LogP contribution >= 0.6 is 17.2 Å². The number of hydrogen-bond acceptors (Lipinski definition) is 4. The quantitative estimate of drug-likeness (QED) is 0.445. The maximum absolute atomic E-state index is 11.2. The van der Waals surface area contributed by atoms with Gasteiger partial charge in [-0.1, -0.05) is 12.2 Å². The highest BCUT2D eigenvalue weighted by Crippen LogP contribution is 2.32. The summed E-state index contributed by atoms with van der Waals surface area (Å²) in [5.41, 5.74) is 0. The summed E-state index contributed by atoms with van der Waals surface area (Å²) in [6.45, 7) is 1.81. The van der Waals surface area contributed by atoms with Gasteiger partial charge in [0.25, 0.3) is 5.91 Å². The van der Waals surface area contributed by atoms with Crippen LogP contribution in [-0.4, -0.2) is 22.7 Å². The first-order chi connectivity index (χ1) is 6.26. The average molecular weight is 218 g/mol. The molecule has 7 heteroatoms. The Morgan fingerprint density at radius 2 is 2.38 bits per heavy atom. The number of allylic oxidation sites excluding steroid dienone is 1. The van der Waals surface area contributed by atoms with E-state index in [1.54, 1.807) is 12.2 Å². The van der Waals surface area contributed by atoms with Crippen LogP contribution in [0.5, 0.6) is 0 Å². The van der Waals surface area contributed by atoms with Crippen LogP contribution in [0.2, 0.25) is 0 Å². The molecular formula is C6H8N2O3P2. The monoisotopic (exact) mass is 218 g/mol. The van der Waals surface area contributed by atoms with E-state index in [9.17, 15) is 9.36 Å². The Hall–Kier alpha value is -0.630. The van der Waals surface area contributed by atoms with Crippen molar-refractivity contribution in [2.45, 2.75) is 19.1 Å². The Labute approximate surface area is 78.8 Å². The third kappa shape index (κ3) is 1.83. The Morgan fingerprint density at radius 1 is 1.69 bits per heavy atom. The van der Waals surface area contributed by atoms with Gasteiger partial charge in [-0.2, -0.15) is 0 Å². The topological polar surface area (TPSA) is 70.5 Å². The second-order valence-electron chi connectivity index (χ2n) is 2.40. The molecule has 1 aliphatic heterocycles. The zero-order chi connectivity index (χ0) is 9.84. The molecule has 0 radical (unpaired) electrons. The normalized spacial score (nSPS) is 28.7. The maximum atomic E-state index is 11.2. The number of carbonyl (C=O) groups excluding carboxylic acids is 1. The van der Waals surface area contributed by atoms with Crippen molar-refractivity contribution >= 4 is 23.1 Å². The van der Waals surface area contributed by atoms with Crippen molar-refractivity contribution in [3.05, 3.63) is 12.2 Å². The molecule has 0 aromatic rings. The lowest BCUT2D eigenvalue weighted by atomic mass is 10.0. The van der Waals surface area contributed by atoms with Crippen molar-refractivity contribution in [2.24, 2.45) is 0 Å². The molecule has 0 aliphatic carbocycles. The van der Waals surface area contributed by atoms with E-state index in [2.05, 4.69) is 4.52 Å². The molecule has 0 bridgehead atoms. The van der Waals surface area contributed by atoms with Gasteiger partial charge in [0, 0.05) is 0 Å². The molecule has 0 aromatic carbocycles. The van der Waals surface area contributed by atoms with Crippen LogP contribution in [0.1, 0.15) is 6.92 Å². The van der Waals surface area contributed by atoms with E-state index in [1.165, 1.54) is 4.67 Å². The van der Waals surface area contributed by atoms with Gasteiger partial charge in [-0.15, -0.1) is 0 Å². The third-order valence-corrected chi connectivity index (χ3v) is 2.71. The number of hydrogen-bond donors (Lipinski definition) is 1. The number of nitrogens with one attached hydrogen (secondary N) is 1. The summed E-state index contributed by atoms with van der Waals surface area (Å²) in [6, 6.07) is -0.252. The molecule has 5 nitrogen and oxygen atoms in total. The predicted octanol–water partition coefficient (Wildman–Crippen LogP) is 1.99. The van der Waals surface area contributed by atoms with Crippen molar-refractivity contribution in [1.82, 2.24) is 4.67 Å². The molecule has 0 spiro atoms. The molecular weight excluding hydrogens is 210 g/mol. The third-order valence-electron chi connectivity index (χ3n) is 1.72. The first-order valence-electron chi connectivity index (χ1n) is 3.58. The van der Waals surface area contributed by atoms with E-state index < -0.39 is 14.8 Å². The van der Waals surface area contributed by atoms with E-state index in [-0.39, 0.29) is 20.5 Å². The summed E-state index contributed by atoms with van der Waals surface area (Å²) in [5.74, 6) is -0.289. The number of carbonyl (C=O) groups is 1. The molecule has 2 atom stereocenters. The fourth-order valence-corrected chi connectivity index (χ4v) is 1.97. The minimum absolute atomic E-state index is 0.136. The van der Waals surface area contributed by atoms with Crippen LogP contribution in [0.15, 0.2) is 12.2 Å². The zero-order valence-corrected chi connectivity index (χ0v) is 8.66. The number of rotatable bonds is 4. The van der Waals surface area contributed by atoms with E-state index in [4.69, 9.17) is 5.16 Å². The molecule has 1 unspecified atom stereocenters. The van der Waals surface area contributed by atoms with Gasteiger partial charge in [-0.3, -0.25) is 19.2 Å². The summed E-state index contributed by atoms with van der Waals surface area (Å²) in [7, 11) is -0.362. The second kappa shape index (κ2) is 4.56. The van der Waals surface area contributed by atoms with E-state index in [0.717, 1.165) is 0 Å². The van der Waals surface area contributed by atoms with Crippen LogP contribution in [0.3, 0.4) is 0 Å². The van der Waals surface area contributed by atoms with Crippen LogP contribution in [0.4, 0.5) is 0 Å². The van der Waals surface area contributed by atoms with E-state index >= 15 is 0 Å². The van der Waals surface area contributed by atoms with Crippen molar-refractivity contribution in [3.63, 3.8) is 0 Å². The smallest absolute Gasteiger partial charge is 0.278 e. The molecule has 1 aliphatic rings. The van der Waals surface area contributed by atoms with Crippen molar-refractivity contribution in [3.8, 4) is 0 Å². The molecule has 1 fully saturated rings. The number of nitrogens with zero attached hydrogens (tertiary/aromatic N) is 1. The van der Waals surface area contributed by atoms with Crippen molar-refractivity contribution in [1.29, 1.82) is 5.16 Å². The Bertz CT molecular complexity index is 269. The van der Waals surface area contributed by atoms with Gasteiger partial charge in [0.15, 0.2) is 6.10 Å². The van der Waals surface area contributed by atoms with Crippen molar-refractivity contribution < 1.29 is 13.9 Å². The molecule has 0 saturated carbocycles. The Morgan fingerprint density at radius 3 is 2.85 bits per heavy atom. The minimum Gasteiger partial charge on any atom is -0.278 e. The van der Waals surface area contributed by atoms with Gasteiger partial charge in [-0.05, 0) is 6.92 Å². The molecule has 1 saturated heterocycles. The fourth-order valence-electron chi connectivity index (χ4n) is 1.12. The van der Waals surface area contributed by atoms with E-state index in [1.807, 2.05) is 6.92 Å². The summed E-state index contributed by atoms with van der Waals surface area (Å²) >= 11 is 0. The lowest BCUT2D eigenvalue weighted by Gasteiger charge is -2.39. The van der Waals surface area contributed by atoms with Gasteiger partial charge < -0.3 is 0 Å². The molecule has 1 heterocycles. The van der Waals surface area contributed by atoms with Gasteiger partial charge in [0.2, 0.25) is 0 Å². The summed E-state index contributed by atoms with van der Waals surface area (Å²) in [6.07, 6.45) is 2.83. The molecule has 70 valence electrons. The van der Waals surface area contributed by atoms with Crippen LogP contribution in [0.25, 0.3) is 0 Å². The lowest BCUT2D eigenvalue weighted by Crippen LogP contribution is -2.59. The largest absolute Gasteiger partial charge is 0.328 e. The number of amides is 1. The maximum Gasteiger partial charge on any atom is 0.328 e. The predicted molar refractivity (Wildman–Crippen MR) is 47.6 cm³/mol. The number of β-lactam (4-membered cyclic amide) rings is 1. The van der Waals surface area contributed by atoms with Crippen LogP contribution in [0, 0.1) is 5.16 Å². The van der Waals surface area contributed by atoms with Gasteiger partial charge in [-0.25, -0.2) is 4.57 Å². The zero-order valence-electron chi connectivity index (χ0n) is 6.88. The standard InChI is InChI=1S/C6H8N2O3P2/c1-2-3-4-5(11-13-10)6(9)8(4)12-7/h2-5,7H,1H3/b3-2+/t4?,5-/m1/s1. The van der Waals surface area contributed by atoms with Crippen molar-refractivity contribution in [2.75, 3.05) is 0 Å². The highest BCUT2D eigenvalue weighted by molar-refractivity contribution is 7.23. The highest BCUT2D eigenvalue weighted by Gasteiger charge is 2.47. The lowest BCUT2D eigenvalue weighted by molar-refractivity contribution is -0.148. The minimum atomic E-state index is -0.687. The average Bonchev–Trinajstić information content (AvgIpc) is 2.14. The molecule has 0 aromatic heterocycles. The molecule has 1 amide bonds. The first-order valence-corrected chi connectivity index (χ1v) is 5.15. The van der Waals surface area contributed by atoms with Gasteiger partial charge >= 0.3 is 8.69 Å². The summed E-state index contributed by atoms with van der Waals surface area (Å²) in [4.78, 5) is 11.2. The summed E-state index contributed by atoms with van der Waals surface area (Å²) < 4.78 is 16.1. The SMILES string of the molecule is C/C=C/C1[C@@H](OP=O)C(=O)N1P=N. The fraction of sp³-hybridized carbons (Fsp3) is 0.500. The molecule has 1 rings (SSSR count). The highest BCUT2D eigenvalue weighted by atomic mass is 31.1. The van der Waals surface area contributed by atoms with Crippen LogP contribution in [-0.2, 0) is 13.9 Å². The second-order valence-corrected chi connectivity index (χ2v) is 3.39.